The van der Waals surface area contributed by atoms with Gasteiger partial charge in [0.1, 0.15) is 0 Å². The van der Waals surface area contributed by atoms with Gasteiger partial charge in [0.25, 0.3) is 0 Å². The van der Waals surface area contributed by atoms with Crippen molar-refractivity contribution in [1.29, 1.82) is 0 Å². The Morgan fingerprint density at radius 3 is 2.73 bits per heavy atom. The average molecular weight is 386 g/mol. The Kier molecular flexibility index (Phi) is 5.37. The van der Waals surface area contributed by atoms with E-state index in [-0.39, 0.29) is 29.0 Å². The number of carbonyl (C=O) groups excluding carboxylic acids is 2. The number of esters is 1. The maximum atomic E-state index is 12.1. The van der Waals surface area contributed by atoms with E-state index in [9.17, 15) is 9.59 Å². The van der Waals surface area contributed by atoms with Gasteiger partial charge in [-0.15, -0.1) is 0 Å². The van der Waals surface area contributed by atoms with Gasteiger partial charge in [-0.05, 0) is 32.0 Å². The van der Waals surface area contributed by atoms with Gasteiger partial charge in [-0.25, -0.2) is 9.48 Å². The largest absolute Gasteiger partial charge is 0.461 e. The summed E-state index contributed by atoms with van der Waals surface area (Å²) in [6.07, 6.45) is 0. The molecular weight excluding hydrogens is 372 g/mol. The number of aromatic nitrogens is 2. The predicted octanol–water partition coefficient (Wildman–Crippen LogP) is 3.59. The lowest BCUT2D eigenvalue weighted by Crippen LogP contribution is -2.12. The third-order valence-corrected chi connectivity index (χ3v) is 3.78. The molecule has 0 bridgehead atoms. The Labute approximate surface area is 141 Å². The van der Waals surface area contributed by atoms with Gasteiger partial charge in [0.15, 0.2) is 11.5 Å². The van der Waals surface area contributed by atoms with Crippen molar-refractivity contribution in [2.45, 2.75) is 13.8 Å². The molecule has 0 atom stereocenters. The van der Waals surface area contributed by atoms with Crippen LogP contribution in [0.15, 0.2) is 24.3 Å². The number of hydrogen-bond acceptors (Lipinski definition) is 4. The molecule has 2 aromatic rings. The highest BCUT2D eigenvalue weighted by Gasteiger charge is 2.26. The predicted molar refractivity (Wildman–Crippen MR) is 87.4 cm³/mol. The molecule has 7 heteroatoms. The molecule has 0 aliphatic carbocycles. The van der Waals surface area contributed by atoms with Crippen molar-refractivity contribution in [2.75, 3.05) is 11.9 Å². The van der Waals surface area contributed by atoms with Crippen LogP contribution in [0.1, 0.15) is 33.5 Å². The van der Waals surface area contributed by atoms with Crippen LogP contribution in [0.5, 0.6) is 0 Å². The fourth-order valence-electron chi connectivity index (χ4n) is 2.10. The smallest absolute Gasteiger partial charge is 0.359 e. The number of benzene rings is 1. The van der Waals surface area contributed by atoms with E-state index in [2.05, 4.69) is 21.0 Å². The lowest BCUT2D eigenvalue weighted by molar-refractivity contribution is 0.0516. The van der Waals surface area contributed by atoms with Gasteiger partial charge < -0.3 is 4.74 Å². The van der Waals surface area contributed by atoms with Gasteiger partial charge in [-0.3, -0.25) is 4.79 Å². The molecule has 116 valence electrons. The molecule has 0 amide bonds. The second-order valence-electron chi connectivity index (χ2n) is 4.48. The Balaban J connectivity index is 2.62. The van der Waals surface area contributed by atoms with E-state index in [4.69, 9.17) is 16.3 Å². The van der Waals surface area contributed by atoms with Crippen molar-refractivity contribution >= 4 is 39.3 Å². The molecule has 0 aliphatic heterocycles. The standard InChI is InChI=1S/C15H14BrClN2O3/c1-3-22-15(21)14-13(12(20)8-16)9(2)19(18-14)11-6-4-5-10(17)7-11/h4-7H,3,8H2,1-2H3. The first-order valence-corrected chi connectivity index (χ1v) is 8.11. The van der Waals surface area contributed by atoms with Gasteiger partial charge in [-0.1, -0.05) is 33.6 Å². The Bertz CT molecular complexity index is 728. The van der Waals surface area contributed by atoms with Crippen molar-refractivity contribution in [3.05, 3.63) is 46.2 Å². The molecule has 0 spiro atoms. The minimum Gasteiger partial charge on any atom is -0.461 e. The van der Waals surface area contributed by atoms with Crippen molar-refractivity contribution in [1.82, 2.24) is 9.78 Å². The molecule has 0 unspecified atom stereocenters. The fourth-order valence-corrected chi connectivity index (χ4v) is 2.57. The Morgan fingerprint density at radius 1 is 1.41 bits per heavy atom. The van der Waals surface area contributed by atoms with Crippen molar-refractivity contribution in [3.63, 3.8) is 0 Å². The summed E-state index contributed by atoms with van der Waals surface area (Å²) in [5, 5.41) is 4.89. The van der Waals surface area contributed by atoms with Crippen LogP contribution >= 0.6 is 27.5 Å². The lowest BCUT2D eigenvalue weighted by atomic mass is 10.1. The first-order valence-electron chi connectivity index (χ1n) is 6.61. The van der Waals surface area contributed by atoms with E-state index < -0.39 is 5.97 Å². The molecule has 1 aromatic carbocycles. The summed E-state index contributed by atoms with van der Waals surface area (Å²) in [4.78, 5) is 24.2. The number of rotatable bonds is 5. The van der Waals surface area contributed by atoms with Crippen LogP contribution in [0.3, 0.4) is 0 Å². The Hall–Kier alpha value is -1.66. The van der Waals surface area contributed by atoms with Crippen molar-refractivity contribution < 1.29 is 14.3 Å². The number of hydrogen-bond donors (Lipinski definition) is 0. The van der Waals surface area contributed by atoms with Crippen molar-refractivity contribution in [3.8, 4) is 5.69 Å². The number of Topliss-reactive ketones (excluding diaryl/α,β-unsaturated/α-hetero) is 1. The van der Waals surface area contributed by atoms with Gasteiger partial charge in [0, 0.05) is 5.02 Å². The van der Waals surface area contributed by atoms with E-state index in [1.54, 1.807) is 38.1 Å². The third-order valence-electron chi connectivity index (χ3n) is 3.04. The quantitative estimate of drug-likeness (QED) is 0.448. The van der Waals surface area contributed by atoms with Crippen LogP contribution in [-0.2, 0) is 4.74 Å². The van der Waals surface area contributed by atoms with Crippen molar-refractivity contribution in [2.24, 2.45) is 0 Å². The molecule has 0 aliphatic rings. The van der Waals surface area contributed by atoms with Gasteiger partial charge >= 0.3 is 5.97 Å². The molecule has 0 N–H and O–H groups in total. The summed E-state index contributed by atoms with van der Waals surface area (Å²) in [5.74, 6) is -0.843. The van der Waals surface area contributed by atoms with Gasteiger partial charge in [0.05, 0.1) is 28.9 Å². The van der Waals surface area contributed by atoms with E-state index in [1.807, 2.05) is 0 Å². The maximum Gasteiger partial charge on any atom is 0.359 e. The molecule has 1 aromatic heterocycles. The molecule has 2 rings (SSSR count). The van der Waals surface area contributed by atoms with E-state index in [0.717, 1.165) is 0 Å². The third kappa shape index (κ3) is 3.23. The van der Waals surface area contributed by atoms with Crippen LogP contribution in [-0.4, -0.2) is 33.5 Å². The van der Waals surface area contributed by atoms with Crippen LogP contribution in [0.25, 0.3) is 5.69 Å². The Morgan fingerprint density at radius 2 is 2.14 bits per heavy atom. The second-order valence-corrected chi connectivity index (χ2v) is 5.48. The van der Waals surface area contributed by atoms with Gasteiger partial charge in [0.2, 0.25) is 0 Å². The highest BCUT2D eigenvalue weighted by molar-refractivity contribution is 9.09. The summed E-state index contributed by atoms with van der Waals surface area (Å²) in [5.41, 5.74) is 1.51. The fraction of sp³-hybridized carbons (Fsp3) is 0.267. The van der Waals surface area contributed by atoms with E-state index in [0.29, 0.717) is 16.4 Å². The zero-order chi connectivity index (χ0) is 16.3. The lowest BCUT2D eigenvalue weighted by Gasteiger charge is -2.04. The highest BCUT2D eigenvalue weighted by Crippen LogP contribution is 2.22. The molecule has 0 saturated heterocycles. The normalized spacial score (nSPS) is 10.5. The summed E-state index contributed by atoms with van der Waals surface area (Å²) in [6.45, 7) is 3.64. The molecule has 1 heterocycles. The maximum absolute atomic E-state index is 12.1. The first-order chi connectivity index (χ1) is 10.5. The van der Waals surface area contributed by atoms with Gasteiger partial charge in [-0.2, -0.15) is 5.10 Å². The monoisotopic (exact) mass is 384 g/mol. The molecule has 22 heavy (non-hydrogen) atoms. The number of ketones is 1. The number of nitrogens with zero attached hydrogens (tertiary/aromatic N) is 2. The first kappa shape index (κ1) is 16.7. The number of ether oxygens (including phenoxy) is 1. The molecular formula is C15H14BrClN2O3. The number of carbonyl (C=O) groups is 2. The molecule has 0 saturated carbocycles. The number of alkyl halides is 1. The van der Waals surface area contributed by atoms with E-state index >= 15 is 0 Å². The molecule has 5 nitrogen and oxygen atoms in total. The summed E-state index contributed by atoms with van der Waals surface area (Å²) < 4.78 is 6.50. The highest BCUT2D eigenvalue weighted by atomic mass is 79.9. The SMILES string of the molecule is CCOC(=O)c1nn(-c2cccc(Cl)c2)c(C)c1C(=O)CBr. The molecule has 0 radical (unpaired) electrons. The average Bonchev–Trinajstić information content (AvgIpc) is 2.84. The molecule has 0 fully saturated rings. The van der Waals surface area contributed by atoms with Crippen LogP contribution in [0, 0.1) is 6.92 Å². The van der Waals surface area contributed by atoms with Crippen LogP contribution in [0.4, 0.5) is 0 Å². The summed E-state index contributed by atoms with van der Waals surface area (Å²) in [6, 6.07) is 7.01. The topological polar surface area (TPSA) is 61.2 Å². The van der Waals surface area contributed by atoms with Crippen LogP contribution < -0.4 is 0 Å². The zero-order valence-corrected chi connectivity index (χ0v) is 14.4. The minimum absolute atomic E-state index is 0.0174. The summed E-state index contributed by atoms with van der Waals surface area (Å²) in [7, 11) is 0. The zero-order valence-electron chi connectivity index (χ0n) is 12.1. The van der Waals surface area contributed by atoms with E-state index in [1.165, 1.54) is 4.68 Å². The second kappa shape index (κ2) is 7.07. The number of halogens is 2. The minimum atomic E-state index is -0.615. The van der Waals surface area contributed by atoms with Crippen LogP contribution in [0.2, 0.25) is 5.02 Å². The summed E-state index contributed by atoms with van der Waals surface area (Å²) >= 11 is 9.11.